The molecule has 0 radical (unpaired) electrons. The Morgan fingerprint density at radius 1 is 1.09 bits per heavy atom. The second kappa shape index (κ2) is 11.5. The number of guanidine groups is 1. The fraction of sp³-hybridized carbons (Fsp3) is 0.429. The molecule has 0 fully saturated rings. The number of hydrogen-bond acceptors (Lipinski definition) is 7. The predicted octanol–water partition coefficient (Wildman–Crippen LogP) is 0.824. The van der Waals surface area contributed by atoms with E-state index in [-0.39, 0.29) is 28.4 Å². The number of unbranched alkanes of at least 4 members (excludes halogenated alkanes) is 1. The van der Waals surface area contributed by atoms with Crippen molar-refractivity contribution in [3.05, 3.63) is 40.7 Å². The SMILES string of the molecule is C[N+](C)(C)CCOc1ccc(CCCCN=C(N)/N=C(\[O-])c2nc(Cl)c(N)nc2N)cc1. The molecule has 1 heterocycles. The molecule has 32 heavy (non-hydrogen) atoms. The summed E-state index contributed by atoms with van der Waals surface area (Å²) in [5.41, 5.74) is 17.8. The van der Waals surface area contributed by atoms with Crippen molar-refractivity contribution < 1.29 is 14.3 Å². The number of halogens is 1. The lowest BCUT2D eigenvalue weighted by Crippen LogP contribution is -2.38. The van der Waals surface area contributed by atoms with E-state index in [1.54, 1.807) is 0 Å². The van der Waals surface area contributed by atoms with Crippen molar-refractivity contribution >= 4 is 35.1 Å². The molecule has 0 aliphatic rings. The average molecular weight is 463 g/mol. The van der Waals surface area contributed by atoms with Gasteiger partial charge in [0, 0.05) is 12.4 Å². The van der Waals surface area contributed by atoms with Gasteiger partial charge in [-0.25, -0.2) is 15.0 Å². The maximum Gasteiger partial charge on any atom is 0.214 e. The first kappa shape index (κ1) is 25.2. The van der Waals surface area contributed by atoms with E-state index in [2.05, 4.69) is 53.2 Å². The first-order chi connectivity index (χ1) is 15.0. The van der Waals surface area contributed by atoms with Gasteiger partial charge in [-0.1, -0.05) is 23.7 Å². The van der Waals surface area contributed by atoms with Gasteiger partial charge in [0.05, 0.1) is 21.1 Å². The van der Waals surface area contributed by atoms with Gasteiger partial charge in [0.1, 0.15) is 24.6 Å². The van der Waals surface area contributed by atoms with E-state index < -0.39 is 5.90 Å². The van der Waals surface area contributed by atoms with Gasteiger partial charge in [-0.2, -0.15) is 0 Å². The minimum absolute atomic E-state index is 0.0654. The van der Waals surface area contributed by atoms with E-state index in [4.69, 9.17) is 33.5 Å². The molecule has 0 saturated heterocycles. The fourth-order valence-electron chi connectivity index (χ4n) is 2.62. The smallest absolute Gasteiger partial charge is 0.214 e. The molecule has 0 bridgehead atoms. The number of likely N-dealkylation sites (N-methyl/N-ethyl adjacent to an activating group) is 1. The summed E-state index contributed by atoms with van der Waals surface area (Å²) < 4.78 is 6.64. The lowest BCUT2D eigenvalue weighted by atomic mass is 10.1. The second-order valence-electron chi connectivity index (χ2n) is 8.25. The largest absolute Gasteiger partial charge is 0.857 e. The molecular weight excluding hydrogens is 432 g/mol. The van der Waals surface area contributed by atoms with E-state index in [0.29, 0.717) is 13.2 Å². The first-order valence-corrected chi connectivity index (χ1v) is 10.6. The van der Waals surface area contributed by atoms with Crippen LogP contribution in [0.3, 0.4) is 0 Å². The van der Waals surface area contributed by atoms with Crippen molar-refractivity contribution in [2.75, 3.05) is 52.3 Å². The monoisotopic (exact) mass is 462 g/mol. The first-order valence-electron chi connectivity index (χ1n) is 10.2. The third-order valence-electron chi connectivity index (χ3n) is 4.43. The molecule has 0 unspecified atom stereocenters. The highest BCUT2D eigenvalue weighted by atomic mass is 35.5. The number of nitrogen functional groups attached to an aromatic ring is 2. The summed E-state index contributed by atoms with van der Waals surface area (Å²) >= 11 is 5.77. The number of ether oxygens (including phenoxy) is 1. The van der Waals surface area contributed by atoms with Crippen LogP contribution in [0.4, 0.5) is 11.6 Å². The molecular formula is C21H31ClN8O2. The van der Waals surface area contributed by atoms with Crippen LogP contribution in [0.1, 0.15) is 24.1 Å². The molecule has 0 aliphatic heterocycles. The number of aliphatic imine (C=N–C) groups is 2. The van der Waals surface area contributed by atoms with E-state index in [0.717, 1.165) is 36.0 Å². The number of quaternary nitrogens is 1. The Morgan fingerprint density at radius 2 is 1.78 bits per heavy atom. The van der Waals surface area contributed by atoms with Crippen molar-refractivity contribution in [2.45, 2.75) is 19.3 Å². The van der Waals surface area contributed by atoms with Gasteiger partial charge in [-0.15, -0.1) is 0 Å². The molecule has 10 nitrogen and oxygen atoms in total. The minimum Gasteiger partial charge on any atom is -0.857 e. The van der Waals surface area contributed by atoms with Crippen LogP contribution in [0.15, 0.2) is 34.3 Å². The van der Waals surface area contributed by atoms with Crippen molar-refractivity contribution in [1.82, 2.24) is 9.97 Å². The zero-order chi connectivity index (χ0) is 23.7. The number of hydrogen-bond donors (Lipinski definition) is 3. The van der Waals surface area contributed by atoms with Gasteiger partial charge in [0.2, 0.25) is 5.96 Å². The fourth-order valence-corrected chi connectivity index (χ4v) is 2.74. The van der Waals surface area contributed by atoms with E-state index >= 15 is 0 Å². The second-order valence-corrected chi connectivity index (χ2v) is 8.61. The summed E-state index contributed by atoms with van der Waals surface area (Å²) in [6.45, 7) is 2.07. The molecule has 2 aromatic rings. The molecule has 0 atom stereocenters. The highest BCUT2D eigenvalue weighted by Gasteiger charge is 2.09. The van der Waals surface area contributed by atoms with Crippen LogP contribution in [-0.4, -0.2) is 67.1 Å². The van der Waals surface area contributed by atoms with Crippen molar-refractivity contribution in [3.8, 4) is 5.75 Å². The van der Waals surface area contributed by atoms with Crippen molar-refractivity contribution in [2.24, 2.45) is 15.7 Å². The third-order valence-corrected chi connectivity index (χ3v) is 4.70. The van der Waals surface area contributed by atoms with Crippen LogP contribution >= 0.6 is 11.6 Å². The number of aryl methyl sites for hydroxylation is 1. The van der Waals surface area contributed by atoms with Gasteiger partial charge in [-0.3, -0.25) is 4.99 Å². The Labute approximate surface area is 193 Å². The standard InChI is InChI=1S/C21H31ClN8O2/c1-30(2,3)12-13-32-15-9-7-14(8-10-15)6-4-5-11-26-21(25)29-20(31)16-18(23)28-19(24)17(22)27-16/h7-10H,4-6,11-13H2,1-3H3,(H6-,23,24,25,26,28,29,31). The van der Waals surface area contributed by atoms with Gasteiger partial charge >= 0.3 is 0 Å². The molecule has 11 heteroatoms. The number of nitrogens with two attached hydrogens (primary N) is 3. The summed E-state index contributed by atoms with van der Waals surface area (Å²) in [5, 5.41) is 12.0. The topological polar surface area (TPSA) is 161 Å². The molecule has 1 aromatic heterocycles. The Morgan fingerprint density at radius 3 is 2.44 bits per heavy atom. The molecule has 174 valence electrons. The molecule has 0 aliphatic carbocycles. The lowest BCUT2D eigenvalue weighted by molar-refractivity contribution is -0.870. The lowest BCUT2D eigenvalue weighted by Gasteiger charge is -2.23. The van der Waals surface area contributed by atoms with Crippen LogP contribution in [0.5, 0.6) is 5.75 Å². The molecule has 0 amide bonds. The maximum atomic E-state index is 12.1. The minimum atomic E-state index is -0.776. The zero-order valence-electron chi connectivity index (χ0n) is 18.7. The highest BCUT2D eigenvalue weighted by molar-refractivity contribution is 6.31. The molecule has 0 spiro atoms. The summed E-state index contributed by atoms with van der Waals surface area (Å²) in [7, 11) is 6.41. The van der Waals surface area contributed by atoms with Gasteiger partial charge in [-0.05, 0) is 37.0 Å². The van der Waals surface area contributed by atoms with Crippen LogP contribution in [-0.2, 0) is 6.42 Å². The Hall–Kier alpha value is -3.11. The Bertz CT molecular complexity index is 956. The Balaban J connectivity index is 1.77. The van der Waals surface area contributed by atoms with Crippen LogP contribution < -0.4 is 27.0 Å². The highest BCUT2D eigenvalue weighted by Crippen LogP contribution is 2.17. The molecule has 2 rings (SSSR count). The Kier molecular flexibility index (Phi) is 9.03. The normalized spacial score (nSPS) is 12.8. The molecule has 0 saturated carbocycles. The summed E-state index contributed by atoms with van der Waals surface area (Å²) in [5.74, 6) is -0.289. The number of anilines is 2. The van der Waals surface area contributed by atoms with Crippen LogP contribution in [0.25, 0.3) is 0 Å². The maximum absolute atomic E-state index is 12.1. The molecule has 1 aromatic carbocycles. The average Bonchev–Trinajstić information content (AvgIpc) is 2.70. The van der Waals surface area contributed by atoms with Gasteiger partial charge in [0.25, 0.3) is 0 Å². The predicted molar refractivity (Wildman–Crippen MR) is 127 cm³/mol. The third kappa shape index (κ3) is 8.56. The van der Waals surface area contributed by atoms with Crippen LogP contribution in [0.2, 0.25) is 5.15 Å². The van der Waals surface area contributed by atoms with Gasteiger partial charge < -0.3 is 31.5 Å². The number of benzene rings is 1. The van der Waals surface area contributed by atoms with Crippen molar-refractivity contribution in [1.29, 1.82) is 0 Å². The number of rotatable bonds is 10. The number of aromatic nitrogens is 2. The van der Waals surface area contributed by atoms with E-state index in [9.17, 15) is 5.11 Å². The molecule has 6 N–H and O–H groups in total. The quantitative estimate of drug-likeness (QED) is 0.204. The van der Waals surface area contributed by atoms with E-state index in [1.165, 1.54) is 5.56 Å². The van der Waals surface area contributed by atoms with E-state index in [1.807, 2.05) is 12.1 Å². The zero-order valence-corrected chi connectivity index (χ0v) is 19.5. The summed E-state index contributed by atoms with van der Waals surface area (Å²) in [6.07, 6.45) is 2.61. The summed E-state index contributed by atoms with van der Waals surface area (Å²) in [4.78, 5) is 15.3. The van der Waals surface area contributed by atoms with Gasteiger partial charge in [0.15, 0.2) is 16.8 Å². The number of nitrogens with zero attached hydrogens (tertiary/aromatic N) is 5. The summed E-state index contributed by atoms with van der Waals surface area (Å²) in [6, 6.07) is 8.11. The van der Waals surface area contributed by atoms with Crippen LogP contribution in [0, 0.1) is 0 Å². The van der Waals surface area contributed by atoms with Crippen molar-refractivity contribution in [3.63, 3.8) is 0 Å².